The number of nitrogens with zero attached hydrogens (tertiary/aromatic N) is 2. The molecule has 0 saturated carbocycles. The minimum Gasteiger partial charge on any atom is -0.370 e. The molecule has 2 N–H and O–H groups in total. The van der Waals surface area contributed by atoms with Crippen molar-refractivity contribution in [1.29, 1.82) is 0 Å². The molecule has 0 atom stereocenters. The number of aromatic nitrogens is 2. The van der Waals surface area contributed by atoms with Crippen molar-refractivity contribution < 1.29 is 0 Å². The van der Waals surface area contributed by atoms with Gasteiger partial charge in [0.25, 0.3) is 0 Å². The Hall–Kier alpha value is -1.37. The van der Waals surface area contributed by atoms with Crippen molar-refractivity contribution in [2.45, 2.75) is 27.2 Å². The van der Waals surface area contributed by atoms with E-state index in [1.165, 1.54) is 3.57 Å². The molecule has 2 aromatic rings. The van der Waals surface area contributed by atoms with Crippen molar-refractivity contribution in [3.63, 3.8) is 0 Å². The van der Waals surface area contributed by atoms with E-state index in [0.29, 0.717) is 0 Å². The first-order chi connectivity index (χ1) is 9.65. The van der Waals surface area contributed by atoms with E-state index in [2.05, 4.69) is 69.2 Å². The van der Waals surface area contributed by atoms with Crippen LogP contribution < -0.4 is 10.6 Å². The predicted molar refractivity (Wildman–Crippen MR) is 92.8 cm³/mol. The van der Waals surface area contributed by atoms with E-state index in [0.717, 1.165) is 41.7 Å². The maximum Gasteiger partial charge on any atom is 0.139 e. The number of aryl methyl sites for hydroxylation is 1. The third-order valence-corrected chi connectivity index (χ3v) is 3.92. The summed E-state index contributed by atoms with van der Waals surface area (Å²) in [6.07, 6.45) is 0.819. The van der Waals surface area contributed by atoms with Gasteiger partial charge in [-0.1, -0.05) is 19.1 Å². The molecule has 0 aliphatic heterocycles. The first-order valence-corrected chi connectivity index (χ1v) is 7.86. The fraction of sp³-hybridized carbons (Fsp3) is 0.333. The monoisotopic (exact) mass is 382 g/mol. The molecule has 0 radical (unpaired) electrons. The first kappa shape index (κ1) is 15.0. The Morgan fingerprint density at radius 2 is 1.80 bits per heavy atom. The lowest BCUT2D eigenvalue weighted by molar-refractivity contribution is 0.930. The maximum atomic E-state index is 4.60. The molecule has 0 aliphatic rings. The molecule has 1 heterocycles. The summed E-state index contributed by atoms with van der Waals surface area (Å²) >= 11 is 2.32. The molecule has 0 unspecified atom stereocenters. The van der Waals surface area contributed by atoms with Crippen LogP contribution in [0.15, 0.2) is 24.3 Å². The van der Waals surface area contributed by atoms with Crippen molar-refractivity contribution in [1.82, 2.24) is 9.97 Å². The Kier molecular flexibility index (Phi) is 5.17. The molecule has 20 heavy (non-hydrogen) atoms. The smallest absolute Gasteiger partial charge is 0.139 e. The molecular weight excluding hydrogens is 363 g/mol. The molecule has 1 aromatic heterocycles. The van der Waals surface area contributed by atoms with E-state index < -0.39 is 0 Å². The first-order valence-electron chi connectivity index (χ1n) is 6.78. The molecule has 2 rings (SSSR count). The van der Waals surface area contributed by atoms with Crippen LogP contribution >= 0.6 is 22.6 Å². The minimum absolute atomic E-state index is 0.819. The Morgan fingerprint density at radius 1 is 1.10 bits per heavy atom. The largest absolute Gasteiger partial charge is 0.370 e. The van der Waals surface area contributed by atoms with E-state index in [-0.39, 0.29) is 0 Å². The number of hydrogen-bond donors (Lipinski definition) is 2. The van der Waals surface area contributed by atoms with Gasteiger partial charge in [0.05, 0.1) is 5.69 Å². The highest BCUT2D eigenvalue weighted by molar-refractivity contribution is 14.1. The zero-order valence-corrected chi connectivity index (χ0v) is 14.2. The van der Waals surface area contributed by atoms with E-state index >= 15 is 0 Å². The van der Waals surface area contributed by atoms with Gasteiger partial charge in [-0.25, -0.2) is 9.97 Å². The van der Waals surface area contributed by atoms with Crippen LogP contribution in [0.5, 0.6) is 0 Å². The van der Waals surface area contributed by atoms with Gasteiger partial charge in [-0.05, 0) is 48.6 Å². The van der Waals surface area contributed by atoms with Gasteiger partial charge in [-0.3, -0.25) is 0 Å². The van der Waals surface area contributed by atoms with E-state index in [1.54, 1.807) is 0 Å². The summed E-state index contributed by atoms with van der Waals surface area (Å²) in [6, 6.07) is 8.18. The summed E-state index contributed by atoms with van der Waals surface area (Å²) in [5.41, 5.74) is 2.11. The maximum absolute atomic E-state index is 4.60. The molecular formula is C15H19IN4. The summed E-state index contributed by atoms with van der Waals surface area (Å²) in [6.45, 7) is 7.02. The average molecular weight is 382 g/mol. The molecule has 5 heteroatoms. The third kappa shape index (κ3) is 3.39. The number of nitrogens with one attached hydrogen (secondary N) is 2. The zero-order valence-electron chi connectivity index (χ0n) is 12.0. The summed E-state index contributed by atoms with van der Waals surface area (Å²) in [4.78, 5) is 9.15. The number of hydrogen-bond acceptors (Lipinski definition) is 4. The van der Waals surface area contributed by atoms with Gasteiger partial charge in [0.15, 0.2) is 0 Å². The lowest BCUT2D eigenvalue weighted by atomic mass is 10.2. The van der Waals surface area contributed by atoms with Gasteiger partial charge < -0.3 is 10.6 Å². The number of benzene rings is 1. The van der Waals surface area contributed by atoms with Crippen LogP contribution in [0.1, 0.15) is 25.2 Å². The number of rotatable bonds is 5. The van der Waals surface area contributed by atoms with Crippen molar-refractivity contribution >= 4 is 39.9 Å². The second kappa shape index (κ2) is 6.88. The summed E-state index contributed by atoms with van der Waals surface area (Å²) < 4.78 is 1.17. The van der Waals surface area contributed by atoms with Crippen molar-refractivity contribution in [3.05, 3.63) is 39.2 Å². The van der Waals surface area contributed by atoms with Gasteiger partial charge in [0, 0.05) is 22.1 Å². The Balaban J connectivity index is 2.40. The van der Waals surface area contributed by atoms with Gasteiger partial charge in [0.1, 0.15) is 17.5 Å². The van der Waals surface area contributed by atoms with Crippen LogP contribution in [0.25, 0.3) is 0 Å². The van der Waals surface area contributed by atoms with Gasteiger partial charge in [0.2, 0.25) is 0 Å². The fourth-order valence-corrected chi connectivity index (χ4v) is 2.39. The van der Waals surface area contributed by atoms with Crippen LogP contribution in [0.4, 0.5) is 17.3 Å². The normalized spacial score (nSPS) is 10.4. The van der Waals surface area contributed by atoms with Crippen LogP contribution in [0.2, 0.25) is 0 Å². The Labute approximate surface area is 133 Å². The molecule has 0 fully saturated rings. The van der Waals surface area contributed by atoms with Crippen molar-refractivity contribution in [3.8, 4) is 0 Å². The highest BCUT2D eigenvalue weighted by Crippen LogP contribution is 2.26. The second-order valence-corrected chi connectivity index (χ2v) is 5.61. The zero-order chi connectivity index (χ0) is 14.5. The topological polar surface area (TPSA) is 49.8 Å². The van der Waals surface area contributed by atoms with E-state index in [9.17, 15) is 0 Å². The Bertz CT molecular complexity index is 598. The summed E-state index contributed by atoms with van der Waals surface area (Å²) in [7, 11) is 0. The number of halogens is 1. The molecule has 4 nitrogen and oxygen atoms in total. The highest BCUT2D eigenvalue weighted by Gasteiger charge is 2.10. The average Bonchev–Trinajstić information content (AvgIpc) is 2.45. The molecule has 0 bridgehead atoms. The van der Waals surface area contributed by atoms with Crippen LogP contribution in [-0.2, 0) is 6.42 Å². The molecule has 0 aliphatic carbocycles. The minimum atomic E-state index is 0.819. The molecule has 0 saturated heterocycles. The quantitative estimate of drug-likeness (QED) is 0.764. The van der Waals surface area contributed by atoms with Crippen molar-refractivity contribution in [2.24, 2.45) is 0 Å². The fourth-order valence-electron chi connectivity index (χ4n) is 1.87. The third-order valence-electron chi connectivity index (χ3n) is 2.98. The van der Waals surface area contributed by atoms with Crippen molar-refractivity contribution in [2.75, 3.05) is 17.2 Å². The second-order valence-electron chi connectivity index (χ2n) is 4.45. The van der Waals surface area contributed by atoms with Crippen LogP contribution in [-0.4, -0.2) is 16.5 Å². The highest BCUT2D eigenvalue weighted by atomic mass is 127. The van der Waals surface area contributed by atoms with E-state index in [4.69, 9.17) is 0 Å². The Morgan fingerprint density at radius 3 is 2.45 bits per heavy atom. The number of anilines is 3. The predicted octanol–water partition coefficient (Wildman–Crippen LogP) is 4.13. The van der Waals surface area contributed by atoms with Gasteiger partial charge in [-0.15, -0.1) is 0 Å². The van der Waals surface area contributed by atoms with Crippen LogP contribution in [0.3, 0.4) is 0 Å². The molecule has 0 amide bonds. The molecule has 1 aromatic carbocycles. The SMILES string of the molecule is CCNc1nc(CC)nc(Nc2ccccc2I)c1C. The lowest BCUT2D eigenvalue weighted by Crippen LogP contribution is -2.09. The van der Waals surface area contributed by atoms with Gasteiger partial charge in [-0.2, -0.15) is 0 Å². The molecule has 0 spiro atoms. The summed E-state index contributed by atoms with van der Waals surface area (Å²) in [5.74, 6) is 2.63. The molecule has 106 valence electrons. The summed E-state index contributed by atoms with van der Waals surface area (Å²) in [5, 5.41) is 6.71. The van der Waals surface area contributed by atoms with E-state index in [1.807, 2.05) is 19.1 Å². The van der Waals surface area contributed by atoms with Gasteiger partial charge >= 0.3 is 0 Å². The van der Waals surface area contributed by atoms with Crippen LogP contribution in [0, 0.1) is 10.5 Å². The number of para-hydroxylation sites is 1. The lowest BCUT2D eigenvalue weighted by Gasteiger charge is -2.15. The standard InChI is InChI=1S/C15H19IN4/c1-4-13-19-14(17-5-2)10(3)15(20-13)18-12-9-7-6-8-11(12)16/h6-9H,4-5H2,1-3H3,(H2,17,18,19,20).